The largest absolute Gasteiger partial charge is 0.454 e. The van der Waals surface area contributed by atoms with Crippen molar-refractivity contribution in [2.24, 2.45) is 0 Å². The Morgan fingerprint density at radius 1 is 1.27 bits per heavy atom. The van der Waals surface area contributed by atoms with Crippen molar-refractivity contribution in [2.45, 2.75) is 38.2 Å². The molecule has 0 radical (unpaired) electrons. The highest BCUT2D eigenvalue weighted by atomic mass is 16.6. The average Bonchev–Trinajstić information content (AvgIpc) is 2.74. The van der Waals surface area contributed by atoms with Crippen LogP contribution in [-0.2, 0) is 21.6 Å². The van der Waals surface area contributed by atoms with E-state index in [9.17, 15) is 4.79 Å². The topological polar surface area (TPSA) is 26.3 Å². The van der Waals surface area contributed by atoms with Crippen molar-refractivity contribution >= 4 is 5.97 Å². The van der Waals surface area contributed by atoms with Gasteiger partial charge in [-0.1, -0.05) is 23.8 Å². The number of hydrogen-bond acceptors (Lipinski definition) is 2. The van der Waals surface area contributed by atoms with E-state index < -0.39 is 0 Å². The summed E-state index contributed by atoms with van der Waals surface area (Å²) in [6.07, 6.45) is 3.45. The molecule has 78 valence electrons. The number of carbonyl (C=O) groups excluding carboxylic acids is 1. The molecule has 2 heteroatoms. The van der Waals surface area contributed by atoms with E-state index in [2.05, 4.69) is 25.1 Å². The smallest absolute Gasteiger partial charge is 0.306 e. The van der Waals surface area contributed by atoms with E-state index in [0.29, 0.717) is 6.42 Å². The van der Waals surface area contributed by atoms with E-state index in [0.717, 1.165) is 19.3 Å². The molecule has 1 heterocycles. The summed E-state index contributed by atoms with van der Waals surface area (Å²) >= 11 is 0. The van der Waals surface area contributed by atoms with Crippen molar-refractivity contribution in [3.63, 3.8) is 0 Å². The molecule has 1 spiro atoms. The zero-order valence-corrected chi connectivity index (χ0v) is 8.88. The van der Waals surface area contributed by atoms with Crippen molar-refractivity contribution in [1.29, 1.82) is 0 Å². The first-order chi connectivity index (χ1) is 7.20. The zero-order chi connectivity index (χ0) is 10.5. The van der Waals surface area contributed by atoms with E-state index in [4.69, 9.17) is 4.74 Å². The number of benzene rings is 1. The number of aryl methyl sites for hydroxylation is 2. The summed E-state index contributed by atoms with van der Waals surface area (Å²) in [6, 6.07) is 6.49. The van der Waals surface area contributed by atoms with Gasteiger partial charge in [0.2, 0.25) is 0 Å². The molecule has 1 aromatic rings. The third-order valence-corrected chi connectivity index (χ3v) is 3.60. The highest BCUT2D eigenvalue weighted by Crippen LogP contribution is 2.47. The molecule has 1 atom stereocenters. The lowest BCUT2D eigenvalue weighted by Gasteiger charge is -2.23. The standard InChI is InChI=1S/C13H14O2/c1-9-2-3-10-4-6-13(11(10)8-9)7-5-12(14)15-13/h2-3,8H,4-7H2,1H3. The summed E-state index contributed by atoms with van der Waals surface area (Å²) in [5.74, 6) is -0.0376. The molecule has 1 aromatic carbocycles. The lowest BCUT2D eigenvalue weighted by molar-refractivity contribution is -0.149. The fourth-order valence-electron chi connectivity index (χ4n) is 2.79. The number of carbonyl (C=O) groups is 1. The van der Waals surface area contributed by atoms with Gasteiger partial charge in [0.1, 0.15) is 5.60 Å². The SMILES string of the molecule is Cc1ccc2c(c1)C1(CCC(=O)O1)CC2. The molecule has 1 aliphatic heterocycles. The van der Waals surface area contributed by atoms with Crippen LogP contribution >= 0.6 is 0 Å². The molecule has 0 amide bonds. The van der Waals surface area contributed by atoms with Gasteiger partial charge in [0.25, 0.3) is 0 Å². The number of hydrogen-bond donors (Lipinski definition) is 0. The van der Waals surface area contributed by atoms with E-state index >= 15 is 0 Å². The van der Waals surface area contributed by atoms with Gasteiger partial charge in [0.05, 0.1) is 0 Å². The van der Waals surface area contributed by atoms with Gasteiger partial charge >= 0.3 is 5.97 Å². The molecule has 1 fully saturated rings. The van der Waals surface area contributed by atoms with Crippen molar-refractivity contribution in [3.05, 3.63) is 34.9 Å². The quantitative estimate of drug-likeness (QED) is 0.604. The molecule has 3 rings (SSSR count). The fourth-order valence-corrected chi connectivity index (χ4v) is 2.79. The number of rotatable bonds is 0. The van der Waals surface area contributed by atoms with Crippen LogP contribution in [0.2, 0.25) is 0 Å². The van der Waals surface area contributed by atoms with Gasteiger partial charge in [-0.3, -0.25) is 4.79 Å². The Balaban J connectivity index is 2.10. The second kappa shape index (κ2) is 2.84. The molecule has 2 nitrogen and oxygen atoms in total. The molecule has 1 saturated heterocycles. The molecule has 15 heavy (non-hydrogen) atoms. The van der Waals surface area contributed by atoms with Crippen molar-refractivity contribution < 1.29 is 9.53 Å². The normalized spacial score (nSPS) is 28.2. The molecule has 0 N–H and O–H groups in total. The highest BCUT2D eigenvalue weighted by molar-refractivity contribution is 5.73. The lowest BCUT2D eigenvalue weighted by atomic mass is 9.92. The first-order valence-corrected chi connectivity index (χ1v) is 5.51. The van der Waals surface area contributed by atoms with Crippen LogP contribution < -0.4 is 0 Å². The van der Waals surface area contributed by atoms with Gasteiger partial charge in [-0.2, -0.15) is 0 Å². The van der Waals surface area contributed by atoms with E-state index in [1.807, 2.05) is 0 Å². The Kier molecular flexibility index (Phi) is 1.70. The van der Waals surface area contributed by atoms with Crippen LogP contribution in [0.5, 0.6) is 0 Å². The van der Waals surface area contributed by atoms with Crippen LogP contribution in [-0.4, -0.2) is 5.97 Å². The minimum absolute atomic E-state index is 0.0376. The Labute approximate surface area is 89.2 Å². The summed E-state index contributed by atoms with van der Waals surface area (Å²) in [4.78, 5) is 11.3. The Hall–Kier alpha value is -1.31. The molecule has 1 aliphatic carbocycles. The molecule has 0 saturated carbocycles. The minimum Gasteiger partial charge on any atom is -0.454 e. The monoisotopic (exact) mass is 202 g/mol. The second-order valence-electron chi connectivity index (χ2n) is 4.63. The van der Waals surface area contributed by atoms with Crippen molar-refractivity contribution in [1.82, 2.24) is 0 Å². The van der Waals surface area contributed by atoms with Gasteiger partial charge in [-0.25, -0.2) is 0 Å². The Bertz CT molecular complexity index is 436. The molecule has 0 aromatic heterocycles. The molecule has 0 bridgehead atoms. The first-order valence-electron chi connectivity index (χ1n) is 5.51. The summed E-state index contributed by atoms with van der Waals surface area (Å²) in [7, 11) is 0. The maximum absolute atomic E-state index is 11.3. The van der Waals surface area contributed by atoms with Gasteiger partial charge < -0.3 is 4.74 Å². The maximum Gasteiger partial charge on any atom is 0.306 e. The van der Waals surface area contributed by atoms with Gasteiger partial charge in [-0.05, 0) is 30.9 Å². The third kappa shape index (κ3) is 1.21. The van der Waals surface area contributed by atoms with E-state index in [1.54, 1.807) is 0 Å². The number of fused-ring (bicyclic) bond motifs is 2. The molecular weight excluding hydrogens is 188 g/mol. The van der Waals surface area contributed by atoms with Crippen LogP contribution in [0, 0.1) is 6.92 Å². The molecule has 1 unspecified atom stereocenters. The molecular formula is C13H14O2. The fraction of sp³-hybridized carbons (Fsp3) is 0.462. The Morgan fingerprint density at radius 3 is 2.80 bits per heavy atom. The average molecular weight is 202 g/mol. The van der Waals surface area contributed by atoms with E-state index in [1.165, 1.54) is 16.7 Å². The first kappa shape index (κ1) is 8.96. The van der Waals surface area contributed by atoms with Gasteiger partial charge in [0.15, 0.2) is 0 Å². The minimum atomic E-state index is -0.265. The second-order valence-corrected chi connectivity index (χ2v) is 4.63. The highest BCUT2D eigenvalue weighted by Gasteiger charge is 2.46. The van der Waals surface area contributed by atoms with Crippen LogP contribution in [0.15, 0.2) is 18.2 Å². The predicted octanol–water partition coefficient (Wildman–Crippen LogP) is 2.47. The van der Waals surface area contributed by atoms with Crippen LogP contribution in [0.4, 0.5) is 0 Å². The summed E-state index contributed by atoms with van der Waals surface area (Å²) < 4.78 is 5.55. The van der Waals surface area contributed by atoms with Crippen molar-refractivity contribution in [2.75, 3.05) is 0 Å². The Morgan fingerprint density at radius 2 is 2.07 bits per heavy atom. The van der Waals surface area contributed by atoms with Crippen molar-refractivity contribution in [3.8, 4) is 0 Å². The maximum atomic E-state index is 11.3. The van der Waals surface area contributed by atoms with Crippen LogP contribution in [0.1, 0.15) is 36.0 Å². The van der Waals surface area contributed by atoms with Crippen LogP contribution in [0.25, 0.3) is 0 Å². The third-order valence-electron chi connectivity index (χ3n) is 3.60. The predicted molar refractivity (Wildman–Crippen MR) is 56.5 cm³/mol. The summed E-state index contributed by atoms with van der Waals surface area (Å²) in [5, 5.41) is 0. The summed E-state index contributed by atoms with van der Waals surface area (Å²) in [5.41, 5.74) is 3.60. The van der Waals surface area contributed by atoms with Crippen LogP contribution in [0.3, 0.4) is 0 Å². The summed E-state index contributed by atoms with van der Waals surface area (Å²) in [6.45, 7) is 2.09. The zero-order valence-electron chi connectivity index (χ0n) is 8.88. The lowest BCUT2D eigenvalue weighted by Crippen LogP contribution is -2.21. The van der Waals surface area contributed by atoms with E-state index in [-0.39, 0.29) is 11.6 Å². The molecule has 2 aliphatic rings. The van der Waals surface area contributed by atoms with Gasteiger partial charge in [0, 0.05) is 12.8 Å². The number of ether oxygens (including phenoxy) is 1. The number of esters is 1. The van der Waals surface area contributed by atoms with Gasteiger partial charge in [-0.15, -0.1) is 0 Å².